The molecule has 7 nitrogen and oxygen atoms in total. The third-order valence-corrected chi connectivity index (χ3v) is 4.93. The second kappa shape index (κ2) is 6.73. The molecule has 0 amide bonds. The van der Waals surface area contributed by atoms with Crippen LogP contribution in [0.5, 0.6) is 17.4 Å². The predicted molar refractivity (Wildman–Crippen MR) is 98.3 cm³/mol. The lowest BCUT2D eigenvalue weighted by Gasteiger charge is -2.22. The van der Waals surface area contributed by atoms with Crippen molar-refractivity contribution in [1.82, 2.24) is 9.88 Å². The van der Waals surface area contributed by atoms with Gasteiger partial charge in [0.15, 0.2) is 0 Å². The van der Waals surface area contributed by atoms with Crippen molar-refractivity contribution >= 4 is 11.5 Å². The number of hydrogen-bond donors (Lipinski definition) is 2. The first-order chi connectivity index (χ1) is 12.7. The topological polar surface area (TPSA) is 110 Å². The van der Waals surface area contributed by atoms with E-state index in [1.165, 1.54) is 12.8 Å². The Hall–Kier alpha value is -2.98. The van der Waals surface area contributed by atoms with Gasteiger partial charge in [0.05, 0.1) is 5.69 Å². The lowest BCUT2D eigenvalue weighted by Crippen LogP contribution is -2.25. The molecule has 0 unspecified atom stereocenters. The molecule has 1 aromatic heterocycles. The smallest absolute Gasteiger partial charge is 0.226 e. The number of hydrogen-bond acceptors (Lipinski definition) is 7. The van der Waals surface area contributed by atoms with Crippen LogP contribution >= 0.6 is 0 Å². The number of nitriles is 1. The molecule has 134 valence electrons. The predicted octanol–water partition coefficient (Wildman–Crippen LogP) is 2.29. The van der Waals surface area contributed by atoms with Gasteiger partial charge in [-0.15, -0.1) is 0 Å². The second-order valence-electron chi connectivity index (χ2n) is 6.63. The molecule has 7 heteroatoms. The SMILES string of the molecule is N#Cc1c(N)nc2c(c1N)Cc1ccc(OCCN3CCCC3)cc1O2. The quantitative estimate of drug-likeness (QED) is 0.742. The van der Waals surface area contributed by atoms with Crippen molar-refractivity contribution in [3.05, 3.63) is 34.9 Å². The highest BCUT2D eigenvalue weighted by atomic mass is 16.5. The van der Waals surface area contributed by atoms with Crippen LogP contribution in [-0.4, -0.2) is 36.1 Å². The molecule has 0 spiro atoms. The molecule has 2 aromatic rings. The number of nitrogen functional groups attached to an aromatic ring is 2. The molecule has 0 bridgehead atoms. The van der Waals surface area contributed by atoms with Crippen molar-refractivity contribution in [2.24, 2.45) is 0 Å². The Morgan fingerprint density at radius 3 is 2.85 bits per heavy atom. The molecule has 0 aliphatic carbocycles. The number of rotatable bonds is 4. The van der Waals surface area contributed by atoms with Crippen molar-refractivity contribution in [3.63, 3.8) is 0 Å². The summed E-state index contributed by atoms with van der Waals surface area (Å²) in [5.74, 6) is 1.90. The highest BCUT2D eigenvalue weighted by molar-refractivity contribution is 5.72. The number of fused-ring (bicyclic) bond motifs is 2. The fourth-order valence-corrected chi connectivity index (χ4v) is 3.47. The summed E-state index contributed by atoms with van der Waals surface area (Å²) < 4.78 is 11.8. The number of nitrogens with two attached hydrogens (primary N) is 2. The minimum absolute atomic E-state index is 0.0882. The van der Waals surface area contributed by atoms with Crippen molar-refractivity contribution in [2.45, 2.75) is 19.3 Å². The molecular weight excluding hydrogens is 330 g/mol. The maximum absolute atomic E-state index is 9.18. The van der Waals surface area contributed by atoms with Gasteiger partial charge in [0, 0.05) is 24.6 Å². The molecule has 26 heavy (non-hydrogen) atoms. The maximum Gasteiger partial charge on any atom is 0.226 e. The average molecular weight is 351 g/mol. The zero-order chi connectivity index (χ0) is 18.1. The molecule has 2 aliphatic heterocycles. The van der Waals surface area contributed by atoms with E-state index in [-0.39, 0.29) is 11.4 Å². The number of aromatic nitrogens is 1. The van der Waals surface area contributed by atoms with Gasteiger partial charge < -0.3 is 20.9 Å². The molecule has 2 aliphatic rings. The zero-order valence-electron chi connectivity index (χ0n) is 14.5. The molecule has 1 saturated heterocycles. The third kappa shape index (κ3) is 3.00. The van der Waals surface area contributed by atoms with Gasteiger partial charge in [0.1, 0.15) is 35.6 Å². The third-order valence-electron chi connectivity index (χ3n) is 4.93. The van der Waals surface area contributed by atoms with Crippen molar-refractivity contribution in [2.75, 3.05) is 37.7 Å². The monoisotopic (exact) mass is 351 g/mol. The van der Waals surface area contributed by atoms with Crippen LogP contribution in [0.25, 0.3) is 0 Å². The van der Waals surface area contributed by atoms with E-state index in [0.29, 0.717) is 35.9 Å². The summed E-state index contributed by atoms with van der Waals surface area (Å²) in [6, 6.07) is 7.77. The normalized spacial score (nSPS) is 15.7. The largest absolute Gasteiger partial charge is 0.492 e. The van der Waals surface area contributed by atoms with E-state index in [2.05, 4.69) is 9.88 Å². The number of likely N-dealkylation sites (tertiary alicyclic amines) is 1. The maximum atomic E-state index is 9.18. The Balaban J connectivity index is 1.50. The molecular formula is C19H21N5O2. The lowest BCUT2D eigenvalue weighted by molar-refractivity contribution is 0.237. The summed E-state index contributed by atoms with van der Waals surface area (Å²) in [5, 5.41) is 9.18. The minimum atomic E-state index is 0.0882. The van der Waals surface area contributed by atoms with E-state index in [9.17, 15) is 5.26 Å². The van der Waals surface area contributed by atoms with Gasteiger partial charge in [-0.25, -0.2) is 0 Å². The zero-order valence-corrected chi connectivity index (χ0v) is 14.5. The van der Waals surface area contributed by atoms with Crippen LogP contribution < -0.4 is 20.9 Å². The summed E-state index contributed by atoms with van der Waals surface area (Å²) >= 11 is 0. The molecule has 4 rings (SSSR count). The number of benzene rings is 1. The van der Waals surface area contributed by atoms with E-state index in [0.717, 1.165) is 30.9 Å². The Kier molecular flexibility index (Phi) is 4.27. The molecule has 0 radical (unpaired) electrons. The van der Waals surface area contributed by atoms with Crippen LogP contribution in [0.2, 0.25) is 0 Å². The summed E-state index contributed by atoms with van der Waals surface area (Å²) in [4.78, 5) is 6.60. The minimum Gasteiger partial charge on any atom is -0.492 e. The van der Waals surface area contributed by atoms with Crippen molar-refractivity contribution in [1.29, 1.82) is 5.26 Å². The van der Waals surface area contributed by atoms with E-state index in [1.54, 1.807) is 0 Å². The van der Waals surface area contributed by atoms with Crippen LogP contribution in [-0.2, 0) is 6.42 Å². The summed E-state index contributed by atoms with van der Waals surface area (Å²) in [6.45, 7) is 3.91. The van der Waals surface area contributed by atoms with Gasteiger partial charge in [-0.2, -0.15) is 10.2 Å². The Labute approximate surface area is 152 Å². The average Bonchev–Trinajstić information content (AvgIpc) is 3.14. The van der Waals surface area contributed by atoms with E-state index >= 15 is 0 Å². The fraction of sp³-hybridized carbons (Fsp3) is 0.368. The first-order valence-electron chi connectivity index (χ1n) is 8.79. The Bertz CT molecular complexity index is 884. The first-order valence-corrected chi connectivity index (χ1v) is 8.79. The van der Waals surface area contributed by atoms with Crippen molar-refractivity contribution < 1.29 is 9.47 Å². The molecule has 4 N–H and O–H groups in total. The van der Waals surface area contributed by atoms with Crippen molar-refractivity contribution in [3.8, 4) is 23.4 Å². The van der Waals surface area contributed by atoms with Gasteiger partial charge in [-0.05, 0) is 37.6 Å². The highest BCUT2D eigenvalue weighted by Crippen LogP contribution is 2.41. The van der Waals surface area contributed by atoms with Gasteiger partial charge in [0.2, 0.25) is 5.88 Å². The van der Waals surface area contributed by atoms with E-state index in [4.69, 9.17) is 20.9 Å². The molecule has 0 saturated carbocycles. The van der Waals surface area contributed by atoms with Gasteiger partial charge in [-0.3, -0.25) is 4.90 Å². The van der Waals surface area contributed by atoms with E-state index < -0.39 is 0 Å². The summed E-state index contributed by atoms with van der Waals surface area (Å²) in [6.07, 6.45) is 3.10. The Morgan fingerprint density at radius 2 is 2.08 bits per heavy atom. The lowest BCUT2D eigenvalue weighted by atomic mass is 9.99. The Morgan fingerprint density at radius 1 is 1.27 bits per heavy atom. The summed E-state index contributed by atoms with van der Waals surface area (Å²) in [5.41, 5.74) is 14.1. The number of pyridine rings is 1. The van der Waals surface area contributed by atoms with Crippen LogP contribution in [0.4, 0.5) is 11.5 Å². The first kappa shape index (κ1) is 16.5. The van der Waals surface area contributed by atoms with Crippen LogP contribution in [0, 0.1) is 11.3 Å². The molecule has 1 fully saturated rings. The number of anilines is 2. The van der Waals surface area contributed by atoms with Crippen LogP contribution in [0.3, 0.4) is 0 Å². The van der Waals surface area contributed by atoms with Crippen LogP contribution in [0.1, 0.15) is 29.5 Å². The summed E-state index contributed by atoms with van der Waals surface area (Å²) in [7, 11) is 0. The fourth-order valence-electron chi connectivity index (χ4n) is 3.47. The number of ether oxygens (including phenoxy) is 2. The highest BCUT2D eigenvalue weighted by Gasteiger charge is 2.24. The van der Waals surface area contributed by atoms with Crippen LogP contribution in [0.15, 0.2) is 18.2 Å². The van der Waals surface area contributed by atoms with E-state index in [1.807, 2.05) is 24.3 Å². The number of nitrogens with zero attached hydrogens (tertiary/aromatic N) is 3. The van der Waals surface area contributed by atoms with Gasteiger partial charge >= 0.3 is 0 Å². The second-order valence-corrected chi connectivity index (χ2v) is 6.63. The standard InChI is InChI=1S/C19H21N5O2/c20-11-15-17(21)14-9-12-3-4-13(25-8-7-24-5-1-2-6-24)10-16(12)26-19(14)23-18(15)22/h3-4,10H,1-2,5-9H2,(H4,21,22,23). The molecule has 3 heterocycles. The molecule has 0 atom stereocenters. The molecule has 1 aromatic carbocycles. The van der Waals surface area contributed by atoms with Gasteiger partial charge in [-0.1, -0.05) is 6.07 Å². The van der Waals surface area contributed by atoms with Gasteiger partial charge in [0.25, 0.3) is 0 Å².